The minimum Gasteiger partial charge on any atom is -0.347 e. The zero-order valence-electron chi connectivity index (χ0n) is 12.5. The second-order valence-electron chi connectivity index (χ2n) is 5.84. The molecule has 0 aliphatic heterocycles. The standard InChI is InChI=1S/C15H18BrN3OS/c1-9-10(5-6-12(16)19-9)7-17-13(20)11-8-18-14(21-11)15(2,3)4/h5-6,8H,7H2,1-4H3,(H,17,20). The van der Waals surface area contributed by atoms with Gasteiger partial charge in [0.05, 0.1) is 11.2 Å². The van der Waals surface area contributed by atoms with Crippen LogP contribution in [0.15, 0.2) is 22.9 Å². The number of nitrogens with zero attached hydrogens (tertiary/aromatic N) is 2. The Labute approximate surface area is 137 Å². The third-order valence-electron chi connectivity index (χ3n) is 2.97. The lowest BCUT2D eigenvalue weighted by atomic mass is 9.98. The second-order valence-corrected chi connectivity index (χ2v) is 7.68. The Morgan fingerprint density at radius 1 is 1.38 bits per heavy atom. The van der Waals surface area contributed by atoms with Crippen LogP contribution in [0.1, 0.15) is 46.7 Å². The van der Waals surface area contributed by atoms with Crippen molar-refractivity contribution < 1.29 is 4.79 Å². The summed E-state index contributed by atoms with van der Waals surface area (Å²) in [5.74, 6) is -0.0923. The third kappa shape index (κ3) is 4.11. The summed E-state index contributed by atoms with van der Waals surface area (Å²) in [6.45, 7) is 8.66. The largest absolute Gasteiger partial charge is 0.347 e. The normalized spacial score (nSPS) is 11.5. The monoisotopic (exact) mass is 367 g/mol. The lowest BCUT2D eigenvalue weighted by Crippen LogP contribution is -2.22. The van der Waals surface area contributed by atoms with E-state index in [1.54, 1.807) is 6.20 Å². The van der Waals surface area contributed by atoms with Crippen molar-refractivity contribution in [3.8, 4) is 0 Å². The van der Waals surface area contributed by atoms with E-state index < -0.39 is 0 Å². The Morgan fingerprint density at radius 3 is 2.67 bits per heavy atom. The molecule has 0 fully saturated rings. The molecule has 2 aromatic rings. The highest BCUT2D eigenvalue weighted by Gasteiger charge is 2.20. The molecule has 1 N–H and O–H groups in total. The van der Waals surface area contributed by atoms with E-state index in [1.165, 1.54) is 11.3 Å². The lowest BCUT2D eigenvalue weighted by Gasteiger charge is -2.13. The summed E-state index contributed by atoms with van der Waals surface area (Å²) in [5.41, 5.74) is 1.88. The number of aromatic nitrogens is 2. The number of halogens is 1. The average molecular weight is 368 g/mol. The number of pyridine rings is 1. The fourth-order valence-electron chi connectivity index (χ4n) is 1.73. The molecule has 0 aliphatic carbocycles. The van der Waals surface area contributed by atoms with Crippen LogP contribution in [0.25, 0.3) is 0 Å². The van der Waals surface area contributed by atoms with Gasteiger partial charge in [0.15, 0.2) is 0 Å². The first kappa shape index (κ1) is 16.1. The van der Waals surface area contributed by atoms with Gasteiger partial charge in [0.2, 0.25) is 0 Å². The van der Waals surface area contributed by atoms with Crippen LogP contribution in [0.4, 0.5) is 0 Å². The van der Waals surface area contributed by atoms with Gasteiger partial charge in [0, 0.05) is 17.7 Å². The topological polar surface area (TPSA) is 54.9 Å². The van der Waals surface area contributed by atoms with E-state index >= 15 is 0 Å². The number of hydrogen-bond acceptors (Lipinski definition) is 4. The van der Waals surface area contributed by atoms with E-state index in [-0.39, 0.29) is 11.3 Å². The molecule has 0 bridgehead atoms. The highest BCUT2D eigenvalue weighted by Crippen LogP contribution is 2.26. The maximum Gasteiger partial charge on any atom is 0.263 e. The molecular formula is C15H18BrN3OS. The molecule has 6 heteroatoms. The zero-order chi connectivity index (χ0) is 15.6. The van der Waals surface area contributed by atoms with Crippen molar-refractivity contribution in [2.75, 3.05) is 0 Å². The number of rotatable bonds is 3. The number of hydrogen-bond donors (Lipinski definition) is 1. The quantitative estimate of drug-likeness (QED) is 0.838. The van der Waals surface area contributed by atoms with Crippen molar-refractivity contribution in [3.63, 3.8) is 0 Å². The van der Waals surface area contributed by atoms with Crippen molar-refractivity contribution >= 4 is 33.2 Å². The van der Waals surface area contributed by atoms with Crippen LogP contribution in [0, 0.1) is 6.92 Å². The molecule has 0 saturated carbocycles. The van der Waals surface area contributed by atoms with Crippen LogP contribution < -0.4 is 5.32 Å². The molecule has 2 rings (SSSR count). The maximum atomic E-state index is 12.2. The van der Waals surface area contributed by atoms with Crippen LogP contribution in [0.3, 0.4) is 0 Å². The Bertz CT molecular complexity index is 661. The minimum absolute atomic E-state index is 0.0323. The van der Waals surface area contributed by atoms with Crippen molar-refractivity contribution in [1.29, 1.82) is 0 Å². The molecule has 4 nitrogen and oxygen atoms in total. The first-order valence-corrected chi connectivity index (χ1v) is 8.25. The van der Waals surface area contributed by atoms with E-state index in [9.17, 15) is 4.79 Å². The molecule has 2 heterocycles. The summed E-state index contributed by atoms with van der Waals surface area (Å²) in [6.07, 6.45) is 1.65. The van der Waals surface area contributed by atoms with Crippen molar-refractivity contribution in [3.05, 3.63) is 44.1 Å². The van der Waals surface area contributed by atoms with Crippen molar-refractivity contribution in [1.82, 2.24) is 15.3 Å². The van der Waals surface area contributed by atoms with Crippen molar-refractivity contribution in [2.24, 2.45) is 0 Å². The van der Waals surface area contributed by atoms with Gasteiger partial charge in [-0.05, 0) is 34.5 Å². The Balaban J connectivity index is 2.03. The molecule has 0 atom stereocenters. The smallest absolute Gasteiger partial charge is 0.263 e. The van der Waals surface area contributed by atoms with Crippen LogP contribution in [-0.4, -0.2) is 15.9 Å². The van der Waals surface area contributed by atoms with Gasteiger partial charge in [0.25, 0.3) is 5.91 Å². The van der Waals surface area contributed by atoms with Gasteiger partial charge in [-0.2, -0.15) is 0 Å². The molecule has 112 valence electrons. The maximum absolute atomic E-state index is 12.2. The van der Waals surface area contributed by atoms with E-state index in [0.29, 0.717) is 11.4 Å². The van der Waals surface area contributed by atoms with Crippen molar-refractivity contribution in [2.45, 2.75) is 39.7 Å². The summed E-state index contributed by atoms with van der Waals surface area (Å²) >= 11 is 4.77. The highest BCUT2D eigenvalue weighted by atomic mass is 79.9. The molecule has 0 saturated heterocycles. The van der Waals surface area contributed by atoms with Crippen LogP contribution in [0.2, 0.25) is 0 Å². The number of carbonyl (C=O) groups is 1. The van der Waals surface area contributed by atoms with Gasteiger partial charge in [-0.15, -0.1) is 11.3 Å². The zero-order valence-corrected chi connectivity index (χ0v) is 14.9. The first-order valence-electron chi connectivity index (χ1n) is 6.64. The van der Waals surface area contributed by atoms with Gasteiger partial charge in [-0.3, -0.25) is 4.79 Å². The Kier molecular flexibility index (Phi) is 4.78. The number of carbonyl (C=O) groups excluding carboxylic acids is 1. The number of amides is 1. The Hall–Kier alpha value is -1.27. The number of nitrogens with one attached hydrogen (secondary N) is 1. The summed E-state index contributed by atoms with van der Waals surface area (Å²) in [6, 6.07) is 3.83. The average Bonchev–Trinajstić information content (AvgIpc) is 2.87. The molecule has 21 heavy (non-hydrogen) atoms. The van der Waals surface area contributed by atoms with Crippen LogP contribution in [0.5, 0.6) is 0 Å². The fraction of sp³-hybridized carbons (Fsp3) is 0.400. The second kappa shape index (κ2) is 6.23. The number of thiazole rings is 1. The molecule has 0 unspecified atom stereocenters. The predicted octanol–water partition coefficient (Wildman–Crippen LogP) is 3.84. The summed E-state index contributed by atoms with van der Waals surface area (Å²) in [4.78, 5) is 21.5. The van der Waals surface area contributed by atoms with E-state index in [4.69, 9.17) is 0 Å². The Morgan fingerprint density at radius 2 is 2.10 bits per heavy atom. The van der Waals surface area contributed by atoms with E-state index in [0.717, 1.165) is 20.9 Å². The van der Waals surface area contributed by atoms with Gasteiger partial charge >= 0.3 is 0 Å². The van der Waals surface area contributed by atoms with E-state index in [2.05, 4.69) is 52.0 Å². The molecule has 1 amide bonds. The lowest BCUT2D eigenvalue weighted by molar-refractivity contribution is 0.0954. The summed E-state index contributed by atoms with van der Waals surface area (Å²) in [7, 11) is 0. The highest BCUT2D eigenvalue weighted by molar-refractivity contribution is 9.10. The molecule has 2 aromatic heterocycles. The van der Waals surface area contributed by atoms with Crippen LogP contribution in [-0.2, 0) is 12.0 Å². The third-order valence-corrected chi connectivity index (χ3v) is 4.84. The van der Waals surface area contributed by atoms with Gasteiger partial charge in [0.1, 0.15) is 9.48 Å². The number of aryl methyl sites for hydroxylation is 1. The van der Waals surface area contributed by atoms with Gasteiger partial charge < -0.3 is 5.32 Å². The van der Waals surface area contributed by atoms with Gasteiger partial charge in [-0.1, -0.05) is 26.8 Å². The molecule has 0 radical (unpaired) electrons. The first-order chi connectivity index (χ1) is 9.77. The van der Waals surface area contributed by atoms with Crippen LogP contribution >= 0.6 is 27.3 Å². The van der Waals surface area contributed by atoms with E-state index in [1.807, 2.05) is 19.1 Å². The summed E-state index contributed by atoms with van der Waals surface area (Å²) in [5, 5.41) is 3.88. The van der Waals surface area contributed by atoms with Gasteiger partial charge in [-0.25, -0.2) is 9.97 Å². The SMILES string of the molecule is Cc1nc(Br)ccc1CNC(=O)c1cnc(C(C)(C)C)s1. The molecule has 0 aromatic carbocycles. The fourth-order valence-corrected chi connectivity index (χ4v) is 3.02. The molecular weight excluding hydrogens is 350 g/mol. The minimum atomic E-state index is -0.0923. The summed E-state index contributed by atoms with van der Waals surface area (Å²) < 4.78 is 0.798. The predicted molar refractivity (Wildman–Crippen MR) is 88.7 cm³/mol. The molecule has 0 spiro atoms. The molecule has 0 aliphatic rings.